The van der Waals surface area contributed by atoms with E-state index in [4.69, 9.17) is 0 Å². The highest BCUT2D eigenvalue weighted by molar-refractivity contribution is 7.12. The third-order valence-corrected chi connectivity index (χ3v) is 2.96. The lowest BCUT2D eigenvalue weighted by Gasteiger charge is -1.93. The van der Waals surface area contributed by atoms with Gasteiger partial charge in [0.2, 0.25) is 0 Å². The van der Waals surface area contributed by atoms with E-state index in [1.807, 2.05) is 17.5 Å². The molecule has 15 heavy (non-hydrogen) atoms. The maximum atomic E-state index is 11.3. The van der Waals surface area contributed by atoms with Gasteiger partial charge >= 0.3 is 0 Å². The number of ketones is 1. The number of rotatable bonds is 5. The van der Waals surface area contributed by atoms with Crippen molar-refractivity contribution in [1.29, 1.82) is 0 Å². The van der Waals surface area contributed by atoms with E-state index in [0.717, 1.165) is 17.7 Å². The van der Waals surface area contributed by atoms with Crippen LogP contribution in [-0.4, -0.2) is 5.78 Å². The minimum absolute atomic E-state index is 0.293. The van der Waals surface area contributed by atoms with E-state index >= 15 is 0 Å². The predicted octanol–water partition coefficient (Wildman–Crippen LogP) is 4.93. The van der Waals surface area contributed by atoms with Crippen LogP contribution < -0.4 is 0 Å². The fourth-order valence-corrected chi connectivity index (χ4v) is 1.59. The van der Waals surface area contributed by atoms with Gasteiger partial charge in [0.15, 0.2) is 5.78 Å². The molecule has 0 saturated heterocycles. The van der Waals surface area contributed by atoms with Crippen LogP contribution in [0.15, 0.2) is 17.5 Å². The van der Waals surface area contributed by atoms with Crippen LogP contribution in [0, 0.1) is 0 Å². The van der Waals surface area contributed by atoms with Crippen molar-refractivity contribution in [3.8, 4) is 0 Å². The highest BCUT2D eigenvalue weighted by Crippen LogP contribution is 2.12. The van der Waals surface area contributed by atoms with Gasteiger partial charge in [-0.25, -0.2) is 0 Å². The van der Waals surface area contributed by atoms with Crippen molar-refractivity contribution in [2.75, 3.05) is 0 Å². The molecule has 0 aliphatic rings. The number of carbonyl (C=O) groups is 1. The SMILES string of the molecule is CCCC.CCCCC(=O)c1cccs1. The number of hydrogen-bond donors (Lipinski definition) is 0. The summed E-state index contributed by atoms with van der Waals surface area (Å²) in [5.74, 6) is 0.293. The number of Topliss-reactive ketones (excluding diaryl/α,β-unsaturated/α-hetero) is 1. The summed E-state index contributed by atoms with van der Waals surface area (Å²) in [7, 11) is 0. The average molecular weight is 226 g/mol. The molecule has 1 heterocycles. The van der Waals surface area contributed by atoms with E-state index in [-0.39, 0.29) is 0 Å². The fourth-order valence-electron chi connectivity index (χ4n) is 0.898. The molecule has 1 aromatic rings. The molecular weight excluding hydrogens is 204 g/mol. The quantitative estimate of drug-likeness (QED) is 0.651. The van der Waals surface area contributed by atoms with Gasteiger partial charge in [-0.15, -0.1) is 11.3 Å². The third-order valence-electron chi connectivity index (χ3n) is 2.05. The monoisotopic (exact) mass is 226 g/mol. The molecule has 0 radical (unpaired) electrons. The largest absolute Gasteiger partial charge is 0.293 e. The maximum Gasteiger partial charge on any atom is 0.172 e. The molecule has 0 N–H and O–H groups in total. The van der Waals surface area contributed by atoms with Gasteiger partial charge in [0.1, 0.15) is 0 Å². The lowest BCUT2D eigenvalue weighted by atomic mass is 10.2. The lowest BCUT2D eigenvalue weighted by Crippen LogP contribution is -1.94. The summed E-state index contributed by atoms with van der Waals surface area (Å²) in [5, 5.41) is 1.94. The van der Waals surface area contributed by atoms with Crippen LogP contribution in [0.2, 0.25) is 0 Å². The zero-order chi connectivity index (χ0) is 11.5. The van der Waals surface area contributed by atoms with Crippen molar-refractivity contribution < 1.29 is 4.79 Å². The van der Waals surface area contributed by atoms with Gasteiger partial charge in [-0.3, -0.25) is 4.79 Å². The standard InChI is InChI=1S/C9H12OS.C4H10/c1-2-3-5-8(10)9-6-4-7-11-9;1-3-4-2/h4,6-7H,2-3,5H2,1H3;3-4H2,1-2H3. The highest BCUT2D eigenvalue weighted by atomic mass is 32.1. The normalized spacial score (nSPS) is 9.27. The average Bonchev–Trinajstić information content (AvgIpc) is 2.79. The second-order valence-corrected chi connectivity index (χ2v) is 4.45. The molecule has 0 aliphatic carbocycles. The first kappa shape index (κ1) is 14.4. The Morgan fingerprint density at radius 3 is 2.27 bits per heavy atom. The number of thiophene rings is 1. The molecule has 0 amide bonds. The second kappa shape index (κ2) is 9.91. The number of unbranched alkanes of at least 4 members (excludes halogenated alkanes) is 2. The Morgan fingerprint density at radius 1 is 1.20 bits per heavy atom. The summed E-state index contributed by atoms with van der Waals surface area (Å²) in [5.41, 5.74) is 0. The Hall–Kier alpha value is -0.630. The van der Waals surface area contributed by atoms with E-state index in [2.05, 4.69) is 20.8 Å². The molecule has 0 unspecified atom stereocenters. The first-order chi connectivity index (χ1) is 7.26. The van der Waals surface area contributed by atoms with Gasteiger partial charge in [0, 0.05) is 6.42 Å². The predicted molar refractivity (Wildman–Crippen MR) is 68.8 cm³/mol. The van der Waals surface area contributed by atoms with Gasteiger partial charge in [0.25, 0.3) is 0 Å². The van der Waals surface area contributed by atoms with Crippen LogP contribution in [0.1, 0.15) is 62.5 Å². The van der Waals surface area contributed by atoms with Crippen LogP contribution in [0.3, 0.4) is 0 Å². The molecule has 0 atom stereocenters. The summed E-state index contributed by atoms with van der Waals surface area (Å²) in [4.78, 5) is 12.2. The summed E-state index contributed by atoms with van der Waals surface area (Å²) in [6.45, 7) is 6.46. The van der Waals surface area contributed by atoms with Gasteiger partial charge in [-0.1, -0.05) is 46.1 Å². The molecule has 0 spiro atoms. The van der Waals surface area contributed by atoms with Crippen LogP contribution in [0.4, 0.5) is 0 Å². The molecule has 1 nitrogen and oxygen atoms in total. The van der Waals surface area contributed by atoms with E-state index in [1.54, 1.807) is 0 Å². The first-order valence-corrected chi connectivity index (χ1v) is 6.70. The van der Waals surface area contributed by atoms with Crippen molar-refractivity contribution in [1.82, 2.24) is 0 Å². The Kier molecular flexibility index (Phi) is 9.49. The molecule has 0 saturated carbocycles. The van der Waals surface area contributed by atoms with Crippen molar-refractivity contribution in [3.63, 3.8) is 0 Å². The summed E-state index contributed by atoms with van der Waals surface area (Å²) in [6.07, 6.45) is 5.45. The third kappa shape index (κ3) is 7.32. The number of carbonyl (C=O) groups excluding carboxylic acids is 1. The fraction of sp³-hybridized carbons (Fsp3) is 0.615. The molecule has 2 heteroatoms. The smallest absolute Gasteiger partial charge is 0.172 e. The molecule has 1 rings (SSSR count). The molecule has 1 aromatic heterocycles. The summed E-state index contributed by atoms with van der Waals surface area (Å²) in [6, 6.07) is 3.81. The van der Waals surface area contributed by atoms with Crippen molar-refractivity contribution in [2.45, 2.75) is 52.9 Å². The Balaban J connectivity index is 0.000000423. The van der Waals surface area contributed by atoms with Gasteiger partial charge in [-0.05, 0) is 17.9 Å². The van der Waals surface area contributed by atoms with Gasteiger partial charge in [-0.2, -0.15) is 0 Å². The topological polar surface area (TPSA) is 17.1 Å². The van der Waals surface area contributed by atoms with Gasteiger partial charge < -0.3 is 0 Å². The Bertz CT molecular complexity index is 237. The summed E-state index contributed by atoms with van der Waals surface area (Å²) >= 11 is 1.53. The summed E-state index contributed by atoms with van der Waals surface area (Å²) < 4.78 is 0. The minimum atomic E-state index is 0.293. The lowest BCUT2D eigenvalue weighted by molar-refractivity contribution is 0.0983. The van der Waals surface area contributed by atoms with Crippen LogP contribution in [0.25, 0.3) is 0 Å². The Labute approximate surface area is 97.5 Å². The molecule has 0 aliphatic heterocycles. The van der Waals surface area contributed by atoms with Gasteiger partial charge in [0.05, 0.1) is 4.88 Å². The minimum Gasteiger partial charge on any atom is -0.293 e. The molecule has 86 valence electrons. The molecule has 0 fully saturated rings. The van der Waals surface area contributed by atoms with Crippen LogP contribution in [0.5, 0.6) is 0 Å². The van der Waals surface area contributed by atoms with E-state index in [1.165, 1.54) is 24.2 Å². The van der Waals surface area contributed by atoms with Crippen LogP contribution >= 0.6 is 11.3 Å². The van der Waals surface area contributed by atoms with E-state index in [9.17, 15) is 4.79 Å². The maximum absolute atomic E-state index is 11.3. The van der Waals surface area contributed by atoms with Crippen LogP contribution in [-0.2, 0) is 0 Å². The van der Waals surface area contributed by atoms with E-state index in [0.29, 0.717) is 12.2 Å². The zero-order valence-electron chi connectivity index (χ0n) is 10.1. The Morgan fingerprint density at radius 2 is 1.87 bits per heavy atom. The first-order valence-electron chi connectivity index (χ1n) is 5.82. The second-order valence-electron chi connectivity index (χ2n) is 3.50. The zero-order valence-corrected chi connectivity index (χ0v) is 10.9. The van der Waals surface area contributed by atoms with E-state index < -0.39 is 0 Å². The van der Waals surface area contributed by atoms with Crippen molar-refractivity contribution >= 4 is 17.1 Å². The number of hydrogen-bond acceptors (Lipinski definition) is 2. The molecule has 0 bridgehead atoms. The van der Waals surface area contributed by atoms with Crippen molar-refractivity contribution in [3.05, 3.63) is 22.4 Å². The molecular formula is C13H22OS. The highest BCUT2D eigenvalue weighted by Gasteiger charge is 2.04. The molecule has 0 aromatic carbocycles. The van der Waals surface area contributed by atoms with Crippen molar-refractivity contribution in [2.24, 2.45) is 0 Å².